The Hall–Kier alpha value is -3.00. The second-order valence-corrected chi connectivity index (χ2v) is 8.97. The minimum absolute atomic E-state index is 0.0944. The van der Waals surface area contributed by atoms with Gasteiger partial charge in [-0.2, -0.15) is 0 Å². The molecule has 0 aliphatic carbocycles. The Morgan fingerprint density at radius 2 is 1.69 bits per heavy atom. The van der Waals surface area contributed by atoms with Gasteiger partial charge in [0.15, 0.2) is 5.78 Å². The van der Waals surface area contributed by atoms with Gasteiger partial charge in [-0.05, 0) is 38.5 Å². The van der Waals surface area contributed by atoms with Crippen LogP contribution in [-0.2, 0) is 16.0 Å². The van der Waals surface area contributed by atoms with Gasteiger partial charge >= 0.3 is 6.09 Å². The van der Waals surface area contributed by atoms with Gasteiger partial charge in [0, 0.05) is 12.5 Å². The first-order chi connectivity index (χ1) is 15.1. The van der Waals surface area contributed by atoms with Crippen molar-refractivity contribution >= 4 is 28.8 Å². The van der Waals surface area contributed by atoms with Gasteiger partial charge < -0.3 is 19.5 Å². The van der Waals surface area contributed by atoms with Crippen LogP contribution in [0.2, 0.25) is 0 Å². The molecule has 0 saturated heterocycles. The van der Waals surface area contributed by atoms with Gasteiger partial charge in [-0.25, -0.2) is 4.79 Å². The zero-order valence-electron chi connectivity index (χ0n) is 19.0. The van der Waals surface area contributed by atoms with Crippen LogP contribution in [0.1, 0.15) is 36.7 Å². The number of methoxy groups -OCH3 is 2. The maximum Gasteiger partial charge on any atom is 0.408 e. The van der Waals surface area contributed by atoms with Crippen LogP contribution in [0.25, 0.3) is 0 Å². The number of carbonyl (C=O) groups is 3. The lowest BCUT2D eigenvalue weighted by atomic mass is 10.1. The number of hydrogen-bond acceptors (Lipinski definition) is 7. The van der Waals surface area contributed by atoms with Crippen LogP contribution in [0.5, 0.6) is 11.5 Å². The molecule has 0 fully saturated rings. The van der Waals surface area contributed by atoms with E-state index in [0.717, 1.165) is 17.3 Å². The van der Waals surface area contributed by atoms with Crippen molar-refractivity contribution in [3.05, 3.63) is 59.7 Å². The molecule has 0 aliphatic heterocycles. The van der Waals surface area contributed by atoms with Crippen LogP contribution >= 0.6 is 11.8 Å². The standard InChI is InChI=1S/C24H29NO6S/c1-24(2,3)31-23(28)25-19(13-16-9-7-6-8-10-16)22(27)32-15-20(26)18-12-11-17(29-4)14-21(18)30-5/h6-12,14,19H,13,15H2,1-5H3,(H,25,28)/t19-/m0/s1. The molecule has 8 heteroatoms. The first-order valence-electron chi connectivity index (χ1n) is 10.1. The second kappa shape index (κ2) is 11.6. The molecule has 2 aromatic carbocycles. The third-order valence-electron chi connectivity index (χ3n) is 4.31. The van der Waals surface area contributed by atoms with Gasteiger partial charge in [0.2, 0.25) is 5.12 Å². The summed E-state index contributed by atoms with van der Waals surface area (Å²) in [6.07, 6.45) is -0.401. The predicted molar refractivity (Wildman–Crippen MR) is 125 cm³/mol. The highest BCUT2D eigenvalue weighted by Gasteiger charge is 2.26. The highest BCUT2D eigenvalue weighted by molar-refractivity contribution is 8.14. The number of alkyl carbamates (subject to hydrolysis) is 1. The number of ketones is 1. The zero-order chi connectivity index (χ0) is 23.7. The summed E-state index contributed by atoms with van der Waals surface area (Å²) in [5.74, 6) is 0.573. The number of thioether (sulfide) groups is 1. The molecule has 7 nitrogen and oxygen atoms in total. The first-order valence-corrected chi connectivity index (χ1v) is 11.1. The van der Waals surface area contributed by atoms with Crippen LogP contribution in [0, 0.1) is 0 Å². The van der Waals surface area contributed by atoms with Crippen molar-refractivity contribution in [2.75, 3.05) is 20.0 Å². The van der Waals surface area contributed by atoms with Crippen LogP contribution < -0.4 is 14.8 Å². The molecule has 0 aliphatic rings. The second-order valence-electron chi connectivity index (χ2n) is 7.99. The SMILES string of the molecule is COc1ccc(C(=O)CSC(=O)[C@H](Cc2ccccc2)NC(=O)OC(C)(C)C)c(OC)c1. The van der Waals surface area contributed by atoms with E-state index in [-0.39, 0.29) is 23.1 Å². The summed E-state index contributed by atoms with van der Waals surface area (Å²) in [6.45, 7) is 5.24. The Bertz CT molecular complexity index is 939. The van der Waals surface area contributed by atoms with Crippen LogP contribution in [-0.4, -0.2) is 48.6 Å². The van der Waals surface area contributed by atoms with E-state index < -0.39 is 17.7 Å². The summed E-state index contributed by atoms with van der Waals surface area (Å²) in [6, 6.07) is 13.4. The van der Waals surface area contributed by atoms with E-state index >= 15 is 0 Å². The summed E-state index contributed by atoms with van der Waals surface area (Å²) in [5, 5.41) is 2.31. The van der Waals surface area contributed by atoms with Crippen molar-refractivity contribution in [2.45, 2.75) is 38.8 Å². The van der Waals surface area contributed by atoms with E-state index in [2.05, 4.69) is 5.32 Å². The molecule has 0 spiro atoms. The summed E-state index contributed by atoms with van der Waals surface area (Å²) in [5.41, 5.74) is 0.539. The van der Waals surface area contributed by atoms with Crippen LogP contribution in [0.15, 0.2) is 48.5 Å². The van der Waals surface area contributed by atoms with Crippen molar-refractivity contribution in [3.63, 3.8) is 0 Å². The van der Waals surface area contributed by atoms with Gasteiger partial charge in [-0.15, -0.1) is 0 Å². The van der Waals surface area contributed by atoms with Crippen molar-refractivity contribution in [1.29, 1.82) is 0 Å². The molecule has 0 bridgehead atoms. The zero-order valence-corrected chi connectivity index (χ0v) is 19.8. The van der Waals surface area contributed by atoms with Crippen molar-refractivity contribution in [3.8, 4) is 11.5 Å². The molecular formula is C24H29NO6S. The molecule has 1 N–H and O–H groups in total. The molecule has 1 atom stereocenters. The van der Waals surface area contributed by atoms with Gasteiger partial charge in [-0.1, -0.05) is 42.1 Å². The Morgan fingerprint density at radius 1 is 1.00 bits per heavy atom. The minimum Gasteiger partial charge on any atom is -0.497 e. The van der Waals surface area contributed by atoms with Crippen molar-refractivity contribution in [1.82, 2.24) is 5.32 Å². The Balaban J connectivity index is 2.10. The van der Waals surface area contributed by atoms with E-state index in [1.807, 2.05) is 30.3 Å². The molecule has 1 amide bonds. The molecule has 0 radical (unpaired) electrons. The molecular weight excluding hydrogens is 430 g/mol. The maximum absolute atomic E-state index is 12.9. The van der Waals surface area contributed by atoms with Crippen LogP contribution in [0.4, 0.5) is 4.79 Å². The summed E-state index contributed by atoms with van der Waals surface area (Å²) >= 11 is 0.850. The number of amides is 1. The fourth-order valence-electron chi connectivity index (χ4n) is 2.84. The van der Waals surface area contributed by atoms with E-state index in [0.29, 0.717) is 17.1 Å². The van der Waals surface area contributed by atoms with Crippen LogP contribution in [0.3, 0.4) is 0 Å². The number of ether oxygens (including phenoxy) is 3. The normalized spacial score (nSPS) is 11.9. The highest BCUT2D eigenvalue weighted by atomic mass is 32.2. The fraction of sp³-hybridized carbons (Fsp3) is 0.375. The van der Waals surface area contributed by atoms with E-state index in [9.17, 15) is 14.4 Å². The molecule has 2 rings (SSSR count). The lowest BCUT2D eigenvalue weighted by molar-refractivity contribution is -0.112. The van der Waals surface area contributed by atoms with E-state index in [1.165, 1.54) is 14.2 Å². The van der Waals surface area contributed by atoms with E-state index in [4.69, 9.17) is 14.2 Å². The molecule has 32 heavy (non-hydrogen) atoms. The molecule has 172 valence electrons. The number of hydrogen-bond donors (Lipinski definition) is 1. The quantitative estimate of drug-likeness (QED) is 0.560. The predicted octanol–water partition coefficient (Wildman–Crippen LogP) is 4.28. The number of Topliss-reactive ketones (excluding diaryl/α,β-unsaturated/α-hetero) is 1. The summed E-state index contributed by atoms with van der Waals surface area (Å²) in [7, 11) is 2.99. The third-order valence-corrected chi connectivity index (χ3v) is 5.29. The fourth-order valence-corrected chi connectivity index (χ4v) is 3.61. The number of rotatable bonds is 9. The lowest BCUT2D eigenvalue weighted by Gasteiger charge is -2.23. The first kappa shape index (κ1) is 25.3. The number of carbonyl (C=O) groups excluding carboxylic acids is 3. The molecule has 0 heterocycles. The van der Waals surface area contributed by atoms with E-state index in [1.54, 1.807) is 39.0 Å². The number of benzene rings is 2. The highest BCUT2D eigenvalue weighted by Crippen LogP contribution is 2.26. The molecule has 0 saturated carbocycles. The average Bonchev–Trinajstić information content (AvgIpc) is 2.75. The number of nitrogens with one attached hydrogen (secondary N) is 1. The van der Waals surface area contributed by atoms with Gasteiger partial charge in [0.1, 0.15) is 23.1 Å². The van der Waals surface area contributed by atoms with Gasteiger partial charge in [0.25, 0.3) is 0 Å². The molecule has 0 aromatic heterocycles. The smallest absolute Gasteiger partial charge is 0.408 e. The Kier molecular flexibility index (Phi) is 9.13. The molecule has 0 unspecified atom stereocenters. The monoisotopic (exact) mass is 459 g/mol. The largest absolute Gasteiger partial charge is 0.497 e. The average molecular weight is 460 g/mol. The molecule has 2 aromatic rings. The van der Waals surface area contributed by atoms with Gasteiger partial charge in [0.05, 0.1) is 25.5 Å². The lowest BCUT2D eigenvalue weighted by Crippen LogP contribution is -2.44. The Morgan fingerprint density at radius 3 is 2.28 bits per heavy atom. The maximum atomic E-state index is 12.9. The Labute approximate surface area is 192 Å². The summed E-state index contributed by atoms with van der Waals surface area (Å²) in [4.78, 5) is 37.9. The van der Waals surface area contributed by atoms with Crippen molar-refractivity contribution < 1.29 is 28.6 Å². The third kappa shape index (κ3) is 7.92. The summed E-state index contributed by atoms with van der Waals surface area (Å²) < 4.78 is 15.7. The van der Waals surface area contributed by atoms with Crippen molar-refractivity contribution in [2.24, 2.45) is 0 Å². The minimum atomic E-state index is -0.845. The topological polar surface area (TPSA) is 90.9 Å². The van der Waals surface area contributed by atoms with Gasteiger partial charge in [-0.3, -0.25) is 9.59 Å².